The Morgan fingerprint density at radius 3 is 3.00 bits per heavy atom. The molecule has 1 aromatic heterocycles. The molecule has 1 heterocycles. The average Bonchev–Trinajstić information content (AvgIpc) is 2.55. The summed E-state index contributed by atoms with van der Waals surface area (Å²) >= 11 is 1.57. The van der Waals surface area contributed by atoms with Gasteiger partial charge in [0, 0.05) is 6.42 Å². The van der Waals surface area contributed by atoms with Crippen LogP contribution in [-0.4, -0.2) is 17.0 Å². The molecule has 0 spiro atoms. The van der Waals surface area contributed by atoms with Gasteiger partial charge < -0.3 is 5.11 Å². The smallest absolute Gasteiger partial charge is 0.165 e. The molecule has 3 heteroatoms. The zero-order valence-electron chi connectivity index (χ0n) is 6.99. The minimum atomic E-state index is -0.787. The summed E-state index contributed by atoms with van der Waals surface area (Å²) in [5, 5.41) is 13.0. The molecule has 1 atom stereocenters. The first kappa shape index (κ1) is 9.42. The minimum Gasteiger partial charge on any atom is -0.385 e. The Balaban J connectivity index is 2.47. The quantitative estimate of drug-likeness (QED) is 0.772. The van der Waals surface area contributed by atoms with Crippen LogP contribution in [0.3, 0.4) is 0 Å². The third-order valence-corrected chi connectivity index (χ3v) is 2.45. The monoisotopic (exact) mass is 184 g/mol. The summed E-state index contributed by atoms with van der Waals surface area (Å²) < 4.78 is 0. The molecule has 0 radical (unpaired) electrons. The Labute approximate surface area is 75.9 Å². The zero-order valence-corrected chi connectivity index (χ0v) is 7.80. The van der Waals surface area contributed by atoms with Crippen molar-refractivity contribution in [1.82, 2.24) is 0 Å². The van der Waals surface area contributed by atoms with Crippen LogP contribution < -0.4 is 0 Å². The Morgan fingerprint density at radius 1 is 1.75 bits per heavy atom. The molecule has 1 rings (SSSR count). The molecular weight excluding hydrogens is 172 g/mol. The standard InChI is InChI=1S/C9H12O2S/c1-2-8(10)9(11)5-7-3-4-12-6-7/h3-4,6,8,10H,2,5H2,1H3. The fourth-order valence-corrected chi connectivity index (χ4v) is 1.61. The zero-order chi connectivity index (χ0) is 8.97. The lowest BCUT2D eigenvalue weighted by molar-refractivity contribution is -0.126. The van der Waals surface area contributed by atoms with Gasteiger partial charge in [0.05, 0.1) is 0 Å². The Morgan fingerprint density at radius 2 is 2.50 bits per heavy atom. The summed E-state index contributed by atoms with van der Waals surface area (Å²) in [6, 6.07) is 1.91. The van der Waals surface area contributed by atoms with Gasteiger partial charge in [-0.05, 0) is 28.8 Å². The van der Waals surface area contributed by atoms with Crippen molar-refractivity contribution in [2.45, 2.75) is 25.9 Å². The van der Waals surface area contributed by atoms with Crippen LogP contribution in [0.4, 0.5) is 0 Å². The second-order valence-corrected chi connectivity index (χ2v) is 3.48. The van der Waals surface area contributed by atoms with E-state index in [0.717, 1.165) is 5.56 Å². The molecule has 0 aliphatic carbocycles. The molecule has 66 valence electrons. The molecule has 0 saturated heterocycles. The van der Waals surface area contributed by atoms with E-state index in [1.807, 2.05) is 16.8 Å². The summed E-state index contributed by atoms with van der Waals surface area (Å²) in [7, 11) is 0. The number of ketones is 1. The van der Waals surface area contributed by atoms with Crippen LogP contribution in [0.2, 0.25) is 0 Å². The molecule has 0 fully saturated rings. The molecule has 12 heavy (non-hydrogen) atoms. The van der Waals surface area contributed by atoms with E-state index >= 15 is 0 Å². The van der Waals surface area contributed by atoms with E-state index in [9.17, 15) is 9.90 Å². The van der Waals surface area contributed by atoms with Gasteiger partial charge in [-0.25, -0.2) is 0 Å². The maximum atomic E-state index is 11.2. The molecule has 0 bridgehead atoms. The SMILES string of the molecule is CCC(O)C(=O)Cc1ccsc1. The second-order valence-electron chi connectivity index (χ2n) is 2.70. The predicted octanol–water partition coefficient (Wildman–Crippen LogP) is 1.63. The summed E-state index contributed by atoms with van der Waals surface area (Å²) in [5.74, 6) is -0.0871. The van der Waals surface area contributed by atoms with E-state index in [2.05, 4.69) is 0 Å². The molecule has 2 nitrogen and oxygen atoms in total. The number of Topliss-reactive ketones (excluding diaryl/α,β-unsaturated/α-hetero) is 1. The lowest BCUT2D eigenvalue weighted by Gasteiger charge is -2.04. The van der Waals surface area contributed by atoms with E-state index in [1.165, 1.54) is 0 Å². The van der Waals surface area contributed by atoms with Crippen molar-refractivity contribution in [2.75, 3.05) is 0 Å². The van der Waals surface area contributed by atoms with Crippen molar-refractivity contribution in [3.05, 3.63) is 22.4 Å². The van der Waals surface area contributed by atoms with Crippen LogP contribution in [0.1, 0.15) is 18.9 Å². The van der Waals surface area contributed by atoms with E-state index in [4.69, 9.17) is 0 Å². The van der Waals surface area contributed by atoms with Gasteiger partial charge in [0.15, 0.2) is 5.78 Å². The fraction of sp³-hybridized carbons (Fsp3) is 0.444. The molecule has 0 aliphatic heterocycles. The molecule has 0 aliphatic rings. The maximum absolute atomic E-state index is 11.2. The van der Waals surface area contributed by atoms with Crippen molar-refractivity contribution < 1.29 is 9.90 Å². The number of thiophene rings is 1. The average molecular weight is 184 g/mol. The molecular formula is C9H12O2S. The molecule has 1 aromatic rings. The topological polar surface area (TPSA) is 37.3 Å². The number of aliphatic hydroxyl groups excluding tert-OH is 1. The Kier molecular flexibility index (Phi) is 3.44. The van der Waals surface area contributed by atoms with Crippen LogP contribution in [0, 0.1) is 0 Å². The molecule has 0 saturated carbocycles. The molecule has 1 unspecified atom stereocenters. The van der Waals surface area contributed by atoms with Gasteiger partial charge in [-0.3, -0.25) is 4.79 Å². The maximum Gasteiger partial charge on any atom is 0.165 e. The summed E-state index contributed by atoms with van der Waals surface area (Å²) in [4.78, 5) is 11.2. The first-order chi connectivity index (χ1) is 5.74. The van der Waals surface area contributed by atoms with Gasteiger partial charge >= 0.3 is 0 Å². The van der Waals surface area contributed by atoms with E-state index in [0.29, 0.717) is 12.8 Å². The second kappa shape index (κ2) is 4.38. The summed E-state index contributed by atoms with van der Waals surface area (Å²) in [6.07, 6.45) is 0.0754. The van der Waals surface area contributed by atoms with Crippen LogP contribution in [-0.2, 0) is 11.2 Å². The predicted molar refractivity (Wildman–Crippen MR) is 49.3 cm³/mol. The highest BCUT2D eigenvalue weighted by atomic mass is 32.1. The highest BCUT2D eigenvalue weighted by Crippen LogP contribution is 2.08. The molecule has 0 amide bonds. The Hall–Kier alpha value is -0.670. The highest BCUT2D eigenvalue weighted by Gasteiger charge is 2.12. The third kappa shape index (κ3) is 2.43. The van der Waals surface area contributed by atoms with Crippen LogP contribution in [0.5, 0.6) is 0 Å². The Bertz CT molecular complexity index is 241. The number of carbonyl (C=O) groups is 1. The van der Waals surface area contributed by atoms with Gasteiger partial charge in [0.25, 0.3) is 0 Å². The van der Waals surface area contributed by atoms with Crippen molar-refractivity contribution in [1.29, 1.82) is 0 Å². The van der Waals surface area contributed by atoms with E-state index in [-0.39, 0.29) is 5.78 Å². The van der Waals surface area contributed by atoms with Crippen LogP contribution in [0.15, 0.2) is 16.8 Å². The van der Waals surface area contributed by atoms with E-state index < -0.39 is 6.10 Å². The number of rotatable bonds is 4. The number of carbonyl (C=O) groups excluding carboxylic acids is 1. The van der Waals surface area contributed by atoms with Gasteiger partial charge in [0.2, 0.25) is 0 Å². The normalized spacial score (nSPS) is 12.8. The lowest BCUT2D eigenvalue weighted by Crippen LogP contribution is -2.20. The van der Waals surface area contributed by atoms with Gasteiger partial charge in [-0.15, -0.1) is 0 Å². The van der Waals surface area contributed by atoms with Gasteiger partial charge in [0.1, 0.15) is 6.10 Å². The third-order valence-electron chi connectivity index (χ3n) is 1.72. The fourth-order valence-electron chi connectivity index (χ4n) is 0.940. The minimum absolute atomic E-state index is 0.0871. The van der Waals surface area contributed by atoms with Gasteiger partial charge in [-0.2, -0.15) is 11.3 Å². The summed E-state index contributed by atoms with van der Waals surface area (Å²) in [6.45, 7) is 1.80. The first-order valence-electron chi connectivity index (χ1n) is 3.96. The summed E-state index contributed by atoms with van der Waals surface area (Å²) in [5.41, 5.74) is 0.998. The van der Waals surface area contributed by atoms with Gasteiger partial charge in [-0.1, -0.05) is 6.92 Å². The lowest BCUT2D eigenvalue weighted by atomic mass is 10.1. The molecule has 0 aromatic carbocycles. The van der Waals surface area contributed by atoms with Crippen molar-refractivity contribution in [3.63, 3.8) is 0 Å². The van der Waals surface area contributed by atoms with E-state index in [1.54, 1.807) is 18.3 Å². The molecule has 1 N–H and O–H groups in total. The number of hydrogen-bond donors (Lipinski definition) is 1. The van der Waals surface area contributed by atoms with Crippen LogP contribution >= 0.6 is 11.3 Å². The van der Waals surface area contributed by atoms with Crippen molar-refractivity contribution in [2.24, 2.45) is 0 Å². The number of aliphatic hydroxyl groups is 1. The van der Waals surface area contributed by atoms with Crippen molar-refractivity contribution in [3.8, 4) is 0 Å². The highest BCUT2D eigenvalue weighted by molar-refractivity contribution is 7.07. The largest absolute Gasteiger partial charge is 0.385 e. The van der Waals surface area contributed by atoms with Crippen LogP contribution in [0.25, 0.3) is 0 Å². The van der Waals surface area contributed by atoms with Crippen molar-refractivity contribution >= 4 is 17.1 Å². The first-order valence-corrected chi connectivity index (χ1v) is 4.90. The number of hydrogen-bond acceptors (Lipinski definition) is 3.